The lowest BCUT2D eigenvalue weighted by Gasteiger charge is -2.07. The van der Waals surface area contributed by atoms with Crippen molar-refractivity contribution in [1.29, 1.82) is 0 Å². The number of aromatic nitrogens is 3. The number of amides is 1. The molecule has 1 N–H and O–H groups in total. The number of carbonyl (C=O) groups excluding carboxylic acids is 1. The average Bonchev–Trinajstić information content (AvgIpc) is 2.85. The van der Waals surface area contributed by atoms with Crippen LogP contribution in [-0.2, 0) is 12.8 Å². The van der Waals surface area contributed by atoms with Crippen molar-refractivity contribution in [2.75, 3.05) is 5.32 Å². The van der Waals surface area contributed by atoms with Crippen LogP contribution in [0.3, 0.4) is 0 Å². The van der Waals surface area contributed by atoms with Gasteiger partial charge < -0.3 is 5.32 Å². The molecule has 0 unspecified atom stereocenters. The van der Waals surface area contributed by atoms with E-state index in [1.165, 1.54) is 6.42 Å². The summed E-state index contributed by atoms with van der Waals surface area (Å²) in [7, 11) is 0. The Morgan fingerprint density at radius 2 is 1.73 bits per heavy atom. The number of nitrogens with zero attached hydrogens (tertiary/aromatic N) is 3. The Morgan fingerprint density at radius 3 is 2.50 bits per heavy atom. The minimum absolute atomic E-state index is 0.179. The number of halogens is 1. The van der Waals surface area contributed by atoms with Gasteiger partial charge in [0.15, 0.2) is 5.69 Å². The van der Waals surface area contributed by atoms with Crippen molar-refractivity contribution in [1.82, 2.24) is 14.8 Å². The molecule has 1 aliphatic rings. The predicted molar refractivity (Wildman–Crippen MR) is 102 cm³/mol. The first-order valence-electron chi connectivity index (χ1n) is 8.80. The van der Waals surface area contributed by atoms with E-state index < -0.39 is 0 Å². The predicted octanol–water partition coefficient (Wildman–Crippen LogP) is 4.44. The lowest BCUT2D eigenvalue weighted by molar-refractivity contribution is 0.102. The van der Waals surface area contributed by atoms with Crippen molar-refractivity contribution in [2.24, 2.45) is 0 Å². The van der Waals surface area contributed by atoms with Crippen LogP contribution in [0.1, 0.15) is 41.0 Å². The third kappa shape index (κ3) is 3.35. The molecule has 0 saturated heterocycles. The van der Waals surface area contributed by atoms with Crippen molar-refractivity contribution >= 4 is 23.2 Å². The third-order valence-electron chi connectivity index (χ3n) is 4.65. The van der Waals surface area contributed by atoms with Gasteiger partial charge in [-0.3, -0.25) is 9.78 Å². The largest absolute Gasteiger partial charge is 0.320 e. The zero-order chi connectivity index (χ0) is 17.9. The van der Waals surface area contributed by atoms with E-state index in [-0.39, 0.29) is 5.91 Å². The summed E-state index contributed by atoms with van der Waals surface area (Å²) in [5, 5.41) is 8.29. The molecular formula is C20H19ClN4O. The van der Waals surface area contributed by atoms with Crippen molar-refractivity contribution < 1.29 is 4.79 Å². The topological polar surface area (TPSA) is 59.8 Å². The van der Waals surface area contributed by atoms with E-state index in [2.05, 4.69) is 15.4 Å². The van der Waals surface area contributed by atoms with Gasteiger partial charge in [-0.2, -0.15) is 5.10 Å². The van der Waals surface area contributed by atoms with Gasteiger partial charge in [-0.1, -0.05) is 18.0 Å². The molecule has 3 aromatic rings. The number of rotatable bonds is 3. The van der Waals surface area contributed by atoms with Crippen LogP contribution in [0.25, 0.3) is 5.69 Å². The zero-order valence-electron chi connectivity index (χ0n) is 14.3. The Labute approximate surface area is 157 Å². The summed E-state index contributed by atoms with van der Waals surface area (Å²) in [5.41, 5.74) is 4.34. The number of nitrogens with one attached hydrogen (secondary N) is 1. The minimum Gasteiger partial charge on any atom is -0.320 e. The van der Waals surface area contributed by atoms with Gasteiger partial charge in [0.05, 0.1) is 5.69 Å². The number of carbonyl (C=O) groups is 1. The van der Waals surface area contributed by atoms with Crippen LogP contribution in [0.2, 0.25) is 5.02 Å². The molecule has 0 radical (unpaired) electrons. The van der Waals surface area contributed by atoms with Gasteiger partial charge in [-0.15, -0.1) is 0 Å². The Hall–Kier alpha value is -2.66. The van der Waals surface area contributed by atoms with Crippen LogP contribution in [0.4, 0.5) is 5.69 Å². The molecule has 0 atom stereocenters. The van der Waals surface area contributed by atoms with Gasteiger partial charge in [0, 0.05) is 34.4 Å². The Kier molecular flexibility index (Phi) is 4.71. The van der Waals surface area contributed by atoms with E-state index >= 15 is 0 Å². The van der Waals surface area contributed by atoms with E-state index in [0.717, 1.165) is 42.6 Å². The molecule has 6 heteroatoms. The van der Waals surface area contributed by atoms with Crippen molar-refractivity contribution in [3.8, 4) is 5.69 Å². The van der Waals surface area contributed by atoms with Crippen LogP contribution in [0.15, 0.2) is 48.8 Å². The molecular weight excluding hydrogens is 348 g/mol. The average molecular weight is 367 g/mol. The highest BCUT2D eigenvalue weighted by Gasteiger charge is 2.24. The smallest absolute Gasteiger partial charge is 0.276 e. The molecule has 5 nitrogen and oxygen atoms in total. The van der Waals surface area contributed by atoms with E-state index in [1.807, 2.05) is 28.9 Å². The van der Waals surface area contributed by atoms with Crippen LogP contribution in [-0.4, -0.2) is 20.7 Å². The second-order valence-corrected chi connectivity index (χ2v) is 6.85. The molecule has 0 aliphatic heterocycles. The fourth-order valence-electron chi connectivity index (χ4n) is 3.38. The normalized spacial score (nSPS) is 13.7. The summed E-state index contributed by atoms with van der Waals surface area (Å²) in [6.07, 6.45) is 8.47. The molecule has 0 fully saturated rings. The highest BCUT2D eigenvalue weighted by atomic mass is 35.5. The number of pyridine rings is 1. The van der Waals surface area contributed by atoms with Crippen molar-refractivity contribution in [2.45, 2.75) is 32.1 Å². The van der Waals surface area contributed by atoms with Crippen LogP contribution in [0, 0.1) is 0 Å². The number of hydrogen-bond donors (Lipinski definition) is 1. The number of anilines is 1. The fraction of sp³-hybridized carbons (Fsp3) is 0.250. The fourth-order valence-corrected chi connectivity index (χ4v) is 3.51. The van der Waals surface area contributed by atoms with E-state index in [4.69, 9.17) is 11.6 Å². The first-order valence-corrected chi connectivity index (χ1v) is 9.18. The molecule has 132 valence electrons. The summed E-state index contributed by atoms with van der Waals surface area (Å²) >= 11 is 6.02. The molecule has 1 aromatic carbocycles. The molecule has 1 amide bonds. The Bertz CT molecular complexity index is 919. The molecule has 26 heavy (non-hydrogen) atoms. The van der Waals surface area contributed by atoms with Crippen LogP contribution >= 0.6 is 11.6 Å². The van der Waals surface area contributed by atoms with E-state index in [1.54, 1.807) is 24.5 Å². The maximum absolute atomic E-state index is 12.9. The van der Waals surface area contributed by atoms with Gasteiger partial charge in [0.1, 0.15) is 0 Å². The first kappa shape index (κ1) is 16.8. The molecule has 0 bridgehead atoms. The van der Waals surface area contributed by atoms with Gasteiger partial charge in [0.25, 0.3) is 5.91 Å². The lowest BCUT2D eigenvalue weighted by Crippen LogP contribution is -2.15. The summed E-state index contributed by atoms with van der Waals surface area (Å²) < 4.78 is 1.90. The van der Waals surface area contributed by atoms with Crippen LogP contribution < -0.4 is 5.32 Å². The standard InChI is InChI=1S/C20H19ClN4O/c21-14-6-8-16(9-7-14)25-18-5-3-1-2-4-17(18)19(24-25)20(26)23-15-10-12-22-13-11-15/h6-13H,1-5H2,(H,22,23,26). The highest BCUT2D eigenvalue weighted by Crippen LogP contribution is 2.27. The maximum atomic E-state index is 12.9. The number of fused-ring (bicyclic) bond motifs is 1. The van der Waals surface area contributed by atoms with E-state index in [9.17, 15) is 4.79 Å². The Balaban J connectivity index is 1.74. The zero-order valence-corrected chi connectivity index (χ0v) is 15.0. The molecule has 0 saturated carbocycles. The quantitative estimate of drug-likeness (QED) is 0.697. The van der Waals surface area contributed by atoms with Gasteiger partial charge >= 0.3 is 0 Å². The molecule has 0 spiro atoms. The molecule has 1 aliphatic carbocycles. The maximum Gasteiger partial charge on any atom is 0.276 e. The Morgan fingerprint density at radius 1 is 1.00 bits per heavy atom. The number of hydrogen-bond acceptors (Lipinski definition) is 3. The molecule has 2 aromatic heterocycles. The minimum atomic E-state index is -0.179. The second kappa shape index (κ2) is 7.30. The monoisotopic (exact) mass is 366 g/mol. The second-order valence-electron chi connectivity index (χ2n) is 6.41. The lowest BCUT2D eigenvalue weighted by atomic mass is 10.1. The summed E-state index contributed by atoms with van der Waals surface area (Å²) in [4.78, 5) is 16.8. The SMILES string of the molecule is O=C(Nc1ccncc1)c1nn(-c2ccc(Cl)cc2)c2c1CCCCC2. The van der Waals surface area contributed by atoms with Crippen molar-refractivity contribution in [3.05, 3.63) is 70.8 Å². The molecule has 4 rings (SSSR count). The summed E-state index contributed by atoms with van der Waals surface area (Å²) in [6, 6.07) is 11.1. The van der Waals surface area contributed by atoms with Gasteiger partial charge in [0.2, 0.25) is 0 Å². The van der Waals surface area contributed by atoms with E-state index in [0.29, 0.717) is 16.4 Å². The first-order chi connectivity index (χ1) is 12.7. The number of benzene rings is 1. The summed E-state index contributed by atoms with van der Waals surface area (Å²) in [6.45, 7) is 0. The summed E-state index contributed by atoms with van der Waals surface area (Å²) in [5.74, 6) is -0.179. The van der Waals surface area contributed by atoms with Crippen LogP contribution in [0.5, 0.6) is 0 Å². The third-order valence-corrected chi connectivity index (χ3v) is 4.91. The van der Waals surface area contributed by atoms with Crippen molar-refractivity contribution in [3.63, 3.8) is 0 Å². The highest BCUT2D eigenvalue weighted by molar-refractivity contribution is 6.30. The molecule has 2 heterocycles. The van der Waals surface area contributed by atoms with Gasteiger partial charge in [-0.05, 0) is 62.1 Å². The van der Waals surface area contributed by atoms with Gasteiger partial charge in [-0.25, -0.2) is 4.68 Å².